The van der Waals surface area contributed by atoms with Gasteiger partial charge in [-0.2, -0.15) is 0 Å². The van der Waals surface area contributed by atoms with E-state index < -0.39 is 0 Å². The van der Waals surface area contributed by atoms with Gasteiger partial charge in [-0.05, 0) is 34.1 Å². The van der Waals surface area contributed by atoms with Crippen molar-refractivity contribution in [2.24, 2.45) is 0 Å². The molecule has 0 aliphatic carbocycles. The van der Waals surface area contributed by atoms with Crippen LogP contribution < -0.4 is 0 Å². The lowest BCUT2D eigenvalue weighted by Gasteiger charge is -2.09. The van der Waals surface area contributed by atoms with Gasteiger partial charge in [0, 0.05) is 6.61 Å². The molecule has 0 aliphatic heterocycles. The molecule has 0 aromatic heterocycles. The van der Waals surface area contributed by atoms with Gasteiger partial charge in [0.1, 0.15) is 0 Å². The molecular weight excluding hydrogens is 168 g/mol. The van der Waals surface area contributed by atoms with Crippen LogP contribution in [0.4, 0.5) is 0 Å². The molecule has 0 radical (unpaired) electrons. The van der Waals surface area contributed by atoms with Crippen LogP contribution in [0, 0.1) is 0 Å². The molecule has 0 fully saturated rings. The third-order valence-electron chi connectivity index (χ3n) is 1.06. The Balaban J connectivity index is -0.000000150. The molecule has 0 rings (SSSR count). The van der Waals surface area contributed by atoms with E-state index in [1.54, 1.807) is 0 Å². The first kappa shape index (κ1) is 18.6. The van der Waals surface area contributed by atoms with Crippen molar-refractivity contribution in [3.63, 3.8) is 0 Å². The van der Waals surface area contributed by atoms with Crippen molar-refractivity contribution in [3.05, 3.63) is 0 Å². The standard InChI is InChI=1S/C6H14O.C4H10O.H2O/c1-5(2)7-6(3)4;1-2-3-4-5;/h5-6H,1-4H3;5H,2-4H2,1H3;1H2. The van der Waals surface area contributed by atoms with Gasteiger partial charge in [0.2, 0.25) is 0 Å². The second-order valence-corrected chi connectivity index (χ2v) is 3.31. The lowest BCUT2D eigenvalue weighted by Crippen LogP contribution is -2.09. The first-order valence-corrected chi connectivity index (χ1v) is 4.80. The molecule has 0 spiro atoms. The normalized spacial score (nSPS) is 9.23. The SMILES string of the molecule is CC(C)OC(C)C.CCCCO.O. The van der Waals surface area contributed by atoms with E-state index in [2.05, 4.69) is 6.92 Å². The van der Waals surface area contributed by atoms with Gasteiger partial charge < -0.3 is 15.3 Å². The van der Waals surface area contributed by atoms with Crippen LogP contribution in [-0.2, 0) is 4.74 Å². The van der Waals surface area contributed by atoms with Crippen LogP contribution in [0.5, 0.6) is 0 Å². The van der Waals surface area contributed by atoms with E-state index in [9.17, 15) is 0 Å². The highest BCUT2D eigenvalue weighted by molar-refractivity contribution is 4.40. The first-order valence-electron chi connectivity index (χ1n) is 4.80. The molecule has 13 heavy (non-hydrogen) atoms. The molecule has 0 bridgehead atoms. The molecular formula is C10H26O3. The van der Waals surface area contributed by atoms with E-state index in [0.29, 0.717) is 18.8 Å². The molecule has 3 N–H and O–H groups in total. The van der Waals surface area contributed by atoms with E-state index in [0.717, 1.165) is 12.8 Å². The van der Waals surface area contributed by atoms with Crippen molar-refractivity contribution in [1.82, 2.24) is 0 Å². The maximum Gasteiger partial charge on any atom is 0.0522 e. The molecule has 0 saturated carbocycles. The topological polar surface area (TPSA) is 61.0 Å². The lowest BCUT2D eigenvalue weighted by atomic mass is 10.4. The van der Waals surface area contributed by atoms with Gasteiger partial charge in [-0.15, -0.1) is 0 Å². The summed E-state index contributed by atoms with van der Waals surface area (Å²) in [7, 11) is 0. The predicted molar refractivity (Wildman–Crippen MR) is 57.0 cm³/mol. The third kappa shape index (κ3) is 33.5. The number of unbranched alkanes of at least 4 members (excludes halogenated alkanes) is 1. The number of hydrogen-bond acceptors (Lipinski definition) is 2. The van der Waals surface area contributed by atoms with Crippen molar-refractivity contribution in [2.75, 3.05) is 6.61 Å². The largest absolute Gasteiger partial charge is 0.412 e. The fourth-order valence-electron chi connectivity index (χ4n) is 0.702. The third-order valence-corrected chi connectivity index (χ3v) is 1.06. The van der Waals surface area contributed by atoms with Gasteiger partial charge in [0.25, 0.3) is 0 Å². The Hall–Kier alpha value is -0.120. The molecule has 0 amide bonds. The monoisotopic (exact) mass is 194 g/mol. The van der Waals surface area contributed by atoms with Gasteiger partial charge in [-0.3, -0.25) is 0 Å². The summed E-state index contributed by atoms with van der Waals surface area (Å²) in [6.07, 6.45) is 2.79. The summed E-state index contributed by atoms with van der Waals surface area (Å²) in [5.41, 5.74) is 0. The lowest BCUT2D eigenvalue weighted by molar-refractivity contribution is 0.0300. The van der Waals surface area contributed by atoms with Crippen molar-refractivity contribution in [2.45, 2.75) is 59.7 Å². The highest BCUT2D eigenvalue weighted by Crippen LogP contribution is 1.93. The average molecular weight is 194 g/mol. The highest BCUT2D eigenvalue weighted by Gasteiger charge is 1.94. The van der Waals surface area contributed by atoms with E-state index in [1.807, 2.05) is 27.7 Å². The van der Waals surface area contributed by atoms with E-state index in [1.165, 1.54) is 0 Å². The highest BCUT2D eigenvalue weighted by atomic mass is 16.5. The van der Waals surface area contributed by atoms with Crippen molar-refractivity contribution >= 4 is 0 Å². The minimum Gasteiger partial charge on any atom is -0.412 e. The molecule has 0 unspecified atom stereocenters. The quantitative estimate of drug-likeness (QED) is 0.741. The summed E-state index contributed by atoms with van der Waals surface area (Å²) in [6, 6.07) is 0. The van der Waals surface area contributed by atoms with Gasteiger partial charge in [-0.1, -0.05) is 13.3 Å². The molecule has 0 aromatic rings. The van der Waals surface area contributed by atoms with Crippen molar-refractivity contribution < 1.29 is 15.3 Å². The molecule has 0 aliphatic rings. The fraction of sp³-hybridized carbons (Fsp3) is 1.00. The Morgan fingerprint density at radius 2 is 1.46 bits per heavy atom. The molecule has 0 saturated heterocycles. The summed E-state index contributed by atoms with van der Waals surface area (Å²) >= 11 is 0. The van der Waals surface area contributed by atoms with E-state index >= 15 is 0 Å². The van der Waals surface area contributed by atoms with Crippen LogP contribution in [0.3, 0.4) is 0 Å². The van der Waals surface area contributed by atoms with Gasteiger partial charge in [-0.25, -0.2) is 0 Å². The van der Waals surface area contributed by atoms with Crippen LogP contribution >= 0.6 is 0 Å². The van der Waals surface area contributed by atoms with Gasteiger partial charge >= 0.3 is 0 Å². The Labute approximate surface area is 82.4 Å². The second-order valence-electron chi connectivity index (χ2n) is 3.31. The maximum atomic E-state index is 8.07. The summed E-state index contributed by atoms with van der Waals surface area (Å²) < 4.78 is 5.25. The number of rotatable bonds is 4. The summed E-state index contributed by atoms with van der Waals surface area (Å²) in [5, 5.41) is 8.07. The molecule has 84 valence electrons. The molecule has 0 heterocycles. The van der Waals surface area contributed by atoms with Crippen LogP contribution in [-0.4, -0.2) is 29.4 Å². The van der Waals surface area contributed by atoms with Gasteiger partial charge in [0.15, 0.2) is 0 Å². The Morgan fingerprint density at radius 1 is 1.08 bits per heavy atom. The Morgan fingerprint density at radius 3 is 1.46 bits per heavy atom. The molecule has 3 nitrogen and oxygen atoms in total. The number of hydrogen-bond donors (Lipinski definition) is 1. The number of aliphatic hydroxyl groups excluding tert-OH is 1. The van der Waals surface area contributed by atoms with Crippen LogP contribution in [0.1, 0.15) is 47.5 Å². The van der Waals surface area contributed by atoms with Crippen LogP contribution in [0.15, 0.2) is 0 Å². The Kier molecular flexibility index (Phi) is 20.6. The van der Waals surface area contributed by atoms with Crippen molar-refractivity contribution in [1.29, 1.82) is 0 Å². The van der Waals surface area contributed by atoms with Crippen LogP contribution in [0.25, 0.3) is 0 Å². The minimum absolute atomic E-state index is 0. The second kappa shape index (κ2) is 14.4. The Bertz CT molecular complexity index is 64.6. The zero-order valence-electron chi connectivity index (χ0n) is 9.63. The van der Waals surface area contributed by atoms with Crippen LogP contribution in [0.2, 0.25) is 0 Å². The fourth-order valence-corrected chi connectivity index (χ4v) is 0.702. The molecule has 3 heteroatoms. The number of aliphatic hydroxyl groups is 1. The van der Waals surface area contributed by atoms with Crippen molar-refractivity contribution in [3.8, 4) is 0 Å². The minimum atomic E-state index is 0. The number of ether oxygens (including phenoxy) is 1. The molecule has 0 atom stereocenters. The zero-order valence-corrected chi connectivity index (χ0v) is 9.63. The predicted octanol–water partition coefficient (Wildman–Crippen LogP) is 1.77. The zero-order chi connectivity index (χ0) is 9.98. The maximum absolute atomic E-state index is 8.07. The van der Waals surface area contributed by atoms with E-state index in [-0.39, 0.29) is 5.48 Å². The molecule has 0 aromatic carbocycles. The summed E-state index contributed by atoms with van der Waals surface area (Å²) in [5.74, 6) is 0. The summed E-state index contributed by atoms with van der Waals surface area (Å²) in [4.78, 5) is 0. The summed E-state index contributed by atoms with van der Waals surface area (Å²) in [6.45, 7) is 10.6. The van der Waals surface area contributed by atoms with Gasteiger partial charge in [0.05, 0.1) is 12.2 Å². The van der Waals surface area contributed by atoms with E-state index in [4.69, 9.17) is 9.84 Å². The average Bonchev–Trinajstić information content (AvgIpc) is 1.87. The smallest absolute Gasteiger partial charge is 0.0522 e. The first-order chi connectivity index (χ1) is 5.54.